The van der Waals surface area contributed by atoms with E-state index >= 15 is 0 Å². The van der Waals surface area contributed by atoms with Gasteiger partial charge in [-0.3, -0.25) is 9.78 Å². The largest absolute Gasteiger partial charge is 0.481 e. The minimum Gasteiger partial charge on any atom is -0.481 e. The lowest BCUT2D eigenvalue weighted by Crippen LogP contribution is -2.30. The summed E-state index contributed by atoms with van der Waals surface area (Å²) in [7, 11) is 0. The van der Waals surface area contributed by atoms with Crippen LogP contribution in [0.4, 0.5) is 0 Å². The van der Waals surface area contributed by atoms with Gasteiger partial charge in [-0.05, 0) is 32.4 Å². The maximum absolute atomic E-state index is 10.9. The highest BCUT2D eigenvalue weighted by molar-refractivity contribution is 5.79. The van der Waals surface area contributed by atoms with Gasteiger partial charge in [-0.15, -0.1) is 0 Å². The highest BCUT2D eigenvalue weighted by Gasteiger charge is 2.31. The first-order valence-electron chi connectivity index (χ1n) is 4.11. The van der Waals surface area contributed by atoms with E-state index < -0.39 is 11.4 Å². The van der Waals surface area contributed by atoms with Gasteiger partial charge in [0.25, 0.3) is 0 Å². The van der Waals surface area contributed by atoms with E-state index in [1.807, 2.05) is 13.0 Å². The number of pyridine rings is 1. The van der Waals surface area contributed by atoms with Gasteiger partial charge in [0.2, 0.25) is 0 Å². The smallest absolute Gasteiger partial charge is 0.315 e. The van der Waals surface area contributed by atoms with E-state index in [1.54, 1.807) is 26.1 Å². The van der Waals surface area contributed by atoms with Crippen LogP contribution in [0.15, 0.2) is 18.3 Å². The number of hydrogen-bond donors (Lipinski definition) is 1. The Hall–Kier alpha value is -1.38. The Bertz CT molecular complexity index is 331. The third-order valence-electron chi connectivity index (χ3n) is 2.14. The SMILES string of the molecule is Cc1cccnc1C(C)(C)C(=O)O. The van der Waals surface area contributed by atoms with Crippen LogP contribution < -0.4 is 0 Å². The van der Waals surface area contributed by atoms with Crippen LogP contribution in [-0.4, -0.2) is 16.1 Å². The number of aromatic nitrogens is 1. The van der Waals surface area contributed by atoms with Crippen molar-refractivity contribution >= 4 is 5.97 Å². The maximum atomic E-state index is 10.9. The fourth-order valence-electron chi connectivity index (χ4n) is 1.24. The summed E-state index contributed by atoms with van der Waals surface area (Å²) in [5.74, 6) is -0.852. The third kappa shape index (κ3) is 1.69. The Labute approximate surface area is 77.4 Å². The Balaban J connectivity index is 3.22. The van der Waals surface area contributed by atoms with Crippen molar-refractivity contribution in [1.29, 1.82) is 0 Å². The Morgan fingerprint density at radius 3 is 2.62 bits per heavy atom. The van der Waals surface area contributed by atoms with Crippen molar-refractivity contribution in [2.75, 3.05) is 0 Å². The van der Waals surface area contributed by atoms with Crippen molar-refractivity contribution in [3.05, 3.63) is 29.6 Å². The summed E-state index contributed by atoms with van der Waals surface area (Å²) in [5, 5.41) is 8.98. The number of rotatable bonds is 2. The highest BCUT2D eigenvalue weighted by atomic mass is 16.4. The number of carbonyl (C=O) groups is 1. The fourth-order valence-corrected chi connectivity index (χ4v) is 1.24. The molecule has 1 aromatic heterocycles. The standard InChI is InChI=1S/C10H13NO2/c1-7-5-4-6-11-8(7)10(2,3)9(12)13/h4-6H,1-3H3,(H,12,13). The van der Waals surface area contributed by atoms with Crippen LogP contribution in [-0.2, 0) is 10.2 Å². The number of aliphatic carboxylic acids is 1. The van der Waals surface area contributed by atoms with Crippen LogP contribution in [0.25, 0.3) is 0 Å². The second-order valence-electron chi connectivity index (χ2n) is 3.60. The van der Waals surface area contributed by atoms with Crippen molar-refractivity contribution < 1.29 is 9.90 Å². The van der Waals surface area contributed by atoms with E-state index in [0.717, 1.165) is 5.56 Å². The van der Waals surface area contributed by atoms with E-state index in [2.05, 4.69) is 4.98 Å². The Morgan fingerprint density at radius 2 is 2.15 bits per heavy atom. The summed E-state index contributed by atoms with van der Waals surface area (Å²) in [6, 6.07) is 3.67. The van der Waals surface area contributed by atoms with E-state index in [4.69, 9.17) is 5.11 Å². The number of hydrogen-bond acceptors (Lipinski definition) is 2. The molecule has 0 spiro atoms. The molecular formula is C10H13NO2. The number of carboxylic acid groups (broad SMARTS) is 1. The second-order valence-corrected chi connectivity index (χ2v) is 3.60. The molecule has 0 aromatic carbocycles. The predicted molar refractivity (Wildman–Crippen MR) is 49.6 cm³/mol. The first-order chi connectivity index (χ1) is 5.96. The van der Waals surface area contributed by atoms with Crippen LogP contribution in [0.5, 0.6) is 0 Å². The first kappa shape index (κ1) is 9.71. The molecule has 0 saturated heterocycles. The highest BCUT2D eigenvalue weighted by Crippen LogP contribution is 2.23. The van der Waals surface area contributed by atoms with Crippen LogP contribution >= 0.6 is 0 Å². The molecule has 0 aliphatic heterocycles. The van der Waals surface area contributed by atoms with Gasteiger partial charge in [0.15, 0.2) is 0 Å². The summed E-state index contributed by atoms with van der Waals surface area (Å²) >= 11 is 0. The lowest BCUT2D eigenvalue weighted by Gasteiger charge is -2.20. The monoisotopic (exact) mass is 179 g/mol. The van der Waals surface area contributed by atoms with Gasteiger partial charge in [0.05, 0.1) is 5.69 Å². The Kier molecular flexibility index (Phi) is 2.36. The van der Waals surface area contributed by atoms with E-state index in [1.165, 1.54) is 0 Å². The number of nitrogens with zero attached hydrogens (tertiary/aromatic N) is 1. The second kappa shape index (κ2) is 3.17. The van der Waals surface area contributed by atoms with Crippen LogP contribution in [0, 0.1) is 6.92 Å². The molecule has 3 nitrogen and oxygen atoms in total. The molecule has 3 heteroatoms. The van der Waals surface area contributed by atoms with Gasteiger partial charge >= 0.3 is 5.97 Å². The molecule has 13 heavy (non-hydrogen) atoms. The van der Waals surface area contributed by atoms with Crippen LogP contribution in [0.1, 0.15) is 25.1 Å². The molecule has 1 rings (SSSR count). The fraction of sp³-hybridized carbons (Fsp3) is 0.400. The molecule has 0 bridgehead atoms. The molecule has 1 heterocycles. The molecule has 1 aromatic rings. The molecule has 0 aliphatic rings. The van der Waals surface area contributed by atoms with Crippen molar-refractivity contribution in [2.24, 2.45) is 0 Å². The molecule has 0 atom stereocenters. The van der Waals surface area contributed by atoms with Gasteiger partial charge in [0, 0.05) is 6.20 Å². The van der Waals surface area contributed by atoms with Gasteiger partial charge < -0.3 is 5.11 Å². The average Bonchev–Trinajstić information content (AvgIpc) is 2.04. The zero-order valence-electron chi connectivity index (χ0n) is 8.03. The molecule has 1 N–H and O–H groups in total. The molecular weight excluding hydrogens is 166 g/mol. The quantitative estimate of drug-likeness (QED) is 0.752. The molecule has 0 saturated carbocycles. The zero-order valence-corrected chi connectivity index (χ0v) is 8.03. The Morgan fingerprint density at radius 1 is 1.54 bits per heavy atom. The lowest BCUT2D eigenvalue weighted by molar-refractivity contribution is -0.142. The molecule has 0 aliphatic carbocycles. The molecule has 0 radical (unpaired) electrons. The number of aryl methyl sites for hydroxylation is 1. The van der Waals surface area contributed by atoms with E-state index in [9.17, 15) is 4.79 Å². The van der Waals surface area contributed by atoms with Gasteiger partial charge in [-0.25, -0.2) is 0 Å². The minimum atomic E-state index is -0.911. The topological polar surface area (TPSA) is 50.2 Å². The zero-order chi connectivity index (χ0) is 10.1. The summed E-state index contributed by atoms with van der Waals surface area (Å²) in [5.41, 5.74) is 0.628. The minimum absolute atomic E-state index is 0.627. The van der Waals surface area contributed by atoms with Crippen LogP contribution in [0.3, 0.4) is 0 Å². The van der Waals surface area contributed by atoms with Gasteiger partial charge in [-0.2, -0.15) is 0 Å². The van der Waals surface area contributed by atoms with Crippen molar-refractivity contribution in [3.8, 4) is 0 Å². The number of carboxylic acids is 1. The average molecular weight is 179 g/mol. The van der Waals surface area contributed by atoms with Gasteiger partial charge in [0.1, 0.15) is 5.41 Å². The molecule has 70 valence electrons. The van der Waals surface area contributed by atoms with E-state index in [0.29, 0.717) is 5.69 Å². The van der Waals surface area contributed by atoms with E-state index in [-0.39, 0.29) is 0 Å². The summed E-state index contributed by atoms with van der Waals surface area (Å²) < 4.78 is 0. The predicted octanol–water partition coefficient (Wildman–Crippen LogP) is 1.75. The van der Waals surface area contributed by atoms with Crippen molar-refractivity contribution in [3.63, 3.8) is 0 Å². The molecule has 0 fully saturated rings. The molecule has 0 unspecified atom stereocenters. The van der Waals surface area contributed by atoms with Crippen LogP contribution in [0.2, 0.25) is 0 Å². The summed E-state index contributed by atoms with van der Waals surface area (Å²) in [6.07, 6.45) is 1.62. The molecule has 0 amide bonds. The summed E-state index contributed by atoms with van der Waals surface area (Å²) in [4.78, 5) is 15.0. The normalized spacial score (nSPS) is 11.3. The maximum Gasteiger partial charge on any atom is 0.315 e. The van der Waals surface area contributed by atoms with Crippen molar-refractivity contribution in [1.82, 2.24) is 4.98 Å². The third-order valence-corrected chi connectivity index (χ3v) is 2.14. The van der Waals surface area contributed by atoms with Crippen molar-refractivity contribution in [2.45, 2.75) is 26.2 Å². The first-order valence-corrected chi connectivity index (χ1v) is 4.11. The summed E-state index contributed by atoms with van der Waals surface area (Å²) in [6.45, 7) is 5.18. The lowest BCUT2D eigenvalue weighted by atomic mass is 9.86. The van der Waals surface area contributed by atoms with Gasteiger partial charge in [-0.1, -0.05) is 6.07 Å².